The van der Waals surface area contributed by atoms with Gasteiger partial charge in [-0.2, -0.15) is 0 Å². The van der Waals surface area contributed by atoms with Gasteiger partial charge < -0.3 is 0 Å². The standard InChI is InChI=1S/C24H37GeNO2/c1-5-6-7-8-9-10-14-19-15-11-12-16-20(19)23(27)26-24(28)21-17-13-18-22(21)25(2,3)4/h11-13,15-16,18,24,28H,5-10,14,17H2,1-4H3,(H,26,27). The van der Waals surface area contributed by atoms with E-state index in [0.29, 0.717) is 5.56 Å². The monoisotopic (exact) mass is 445 g/mol. The zero-order chi connectivity index (χ0) is 20.6. The van der Waals surface area contributed by atoms with Crippen molar-refractivity contribution in [1.82, 2.24) is 5.32 Å². The molecule has 3 nitrogen and oxygen atoms in total. The van der Waals surface area contributed by atoms with E-state index in [1.54, 1.807) is 0 Å². The Balaban J connectivity index is 1.99. The van der Waals surface area contributed by atoms with E-state index in [1.165, 1.54) is 36.5 Å². The Labute approximate surface area is 173 Å². The molecule has 1 aromatic rings. The van der Waals surface area contributed by atoms with E-state index in [0.717, 1.165) is 30.4 Å². The molecule has 0 aliphatic heterocycles. The molecule has 28 heavy (non-hydrogen) atoms. The van der Waals surface area contributed by atoms with Gasteiger partial charge in [-0.3, -0.25) is 0 Å². The summed E-state index contributed by atoms with van der Waals surface area (Å²) in [4.78, 5) is 12.9. The number of hydrogen-bond donors (Lipinski definition) is 2. The fraction of sp³-hybridized carbons (Fsp3) is 0.542. The van der Waals surface area contributed by atoms with Crippen LogP contribution in [0.3, 0.4) is 0 Å². The molecule has 1 amide bonds. The van der Waals surface area contributed by atoms with Gasteiger partial charge in [-0.15, -0.1) is 0 Å². The Bertz CT molecular complexity index is 716. The van der Waals surface area contributed by atoms with Gasteiger partial charge >= 0.3 is 154 Å². The predicted molar refractivity (Wildman–Crippen MR) is 121 cm³/mol. The molecule has 0 heterocycles. The van der Waals surface area contributed by atoms with Crippen LogP contribution in [-0.4, -0.2) is 30.5 Å². The van der Waals surface area contributed by atoms with E-state index < -0.39 is 19.5 Å². The molecule has 0 radical (unpaired) electrons. The minimum absolute atomic E-state index is 0.172. The van der Waals surface area contributed by atoms with Crippen molar-refractivity contribution < 1.29 is 9.90 Å². The first-order chi connectivity index (χ1) is 13.3. The predicted octanol–water partition coefficient (Wildman–Crippen LogP) is 5.77. The minimum atomic E-state index is -2.06. The second kappa shape index (κ2) is 11.0. The number of aliphatic hydroxyl groups is 1. The number of aliphatic hydroxyl groups excluding tert-OH is 1. The molecule has 2 N–H and O–H groups in total. The first-order valence-electron chi connectivity index (χ1n) is 10.8. The second-order valence-corrected chi connectivity index (χ2v) is 19.4. The third kappa shape index (κ3) is 6.63. The number of aryl methyl sites for hydroxylation is 1. The summed E-state index contributed by atoms with van der Waals surface area (Å²) in [5.41, 5.74) is 2.75. The van der Waals surface area contributed by atoms with E-state index in [2.05, 4.69) is 41.7 Å². The zero-order valence-electron chi connectivity index (χ0n) is 18.1. The Hall–Kier alpha value is -1.33. The first-order valence-corrected chi connectivity index (χ1v) is 18.2. The third-order valence-corrected chi connectivity index (χ3v) is 9.85. The summed E-state index contributed by atoms with van der Waals surface area (Å²) in [7, 11) is 0. The molecule has 1 aliphatic rings. The van der Waals surface area contributed by atoms with Crippen LogP contribution in [0.25, 0.3) is 0 Å². The molecule has 0 saturated carbocycles. The van der Waals surface area contributed by atoms with Crippen molar-refractivity contribution in [3.8, 4) is 0 Å². The van der Waals surface area contributed by atoms with Crippen LogP contribution in [0.2, 0.25) is 17.3 Å². The van der Waals surface area contributed by atoms with Crippen molar-refractivity contribution in [2.45, 2.75) is 81.8 Å². The number of carbonyl (C=O) groups is 1. The van der Waals surface area contributed by atoms with Crippen LogP contribution in [0.1, 0.15) is 67.8 Å². The number of unbranched alkanes of at least 4 members (excludes halogenated alkanes) is 5. The molecule has 0 aromatic heterocycles. The summed E-state index contributed by atoms with van der Waals surface area (Å²) in [5, 5.41) is 13.5. The van der Waals surface area contributed by atoms with Crippen molar-refractivity contribution in [2.24, 2.45) is 0 Å². The first kappa shape index (κ1) is 23.0. The molecule has 1 unspecified atom stereocenters. The summed E-state index contributed by atoms with van der Waals surface area (Å²) in [5.74, 6) is 6.77. The molecule has 1 atom stereocenters. The van der Waals surface area contributed by atoms with E-state index >= 15 is 0 Å². The van der Waals surface area contributed by atoms with Gasteiger partial charge in [-0.1, -0.05) is 19.8 Å². The molecule has 154 valence electrons. The number of nitrogens with one attached hydrogen (secondary N) is 1. The fourth-order valence-electron chi connectivity index (χ4n) is 3.86. The van der Waals surface area contributed by atoms with Gasteiger partial charge in [0.2, 0.25) is 0 Å². The Kier molecular flexibility index (Phi) is 9.03. The van der Waals surface area contributed by atoms with Crippen LogP contribution in [-0.2, 0) is 6.42 Å². The van der Waals surface area contributed by atoms with Crippen LogP contribution in [0.15, 0.2) is 46.4 Å². The molecular formula is C24H37GeNO2. The number of allylic oxidation sites excluding steroid dienone is 3. The summed E-state index contributed by atoms with van der Waals surface area (Å²) < 4.78 is 1.30. The molecule has 2 rings (SSSR count). The summed E-state index contributed by atoms with van der Waals surface area (Å²) in [6.07, 6.45) is 12.4. The molecule has 0 spiro atoms. The average Bonchev–Trinajstić information content (AvgIpc) is 3.15. The van der Waals surface area contributed by atoms with Crippen LogP contribution < -0.4 is 5.32 Å². The third-order valence-electron chi connectivity index (χ3n) is 5.44. The van der Waals surface area contributed by atoms with Gasteiger partial charge in [0.15, 0.2) is 0 Å². The van der Waals surface area contributed by atoms with Crippen LogP contribution in [0, 0.1) is 0 Å². The molecule has 0 saturated heterocycles. The van der Waals surface area contributed by atoms with Crippen molar-refractivity contribution in [2.75, 3.05) is 0 Å². The Morgan fingerprint density at radius 1 is 1.11 bits per heavy atom. The quantitative estimate of drug-likeness (QED) is 0.259. The Morgan fingerprint density at radius 2 is 1.79 bits per heavy atom. The molecule has 1 aliphatic carbocycles. The van der Waals surface area contributed by atoms with Gasteiger partial charge in [-0.25, -0.2) is 0 Å². The molecule has 1 aromatic carbocycles. The molecule has 0 bridgehead atoms. The summed E-state index contributed by atoms with van der Waals surface area (Å²) >= 11 is -2.06. The van der Waals surface area contributed by atoms with E-state index in [1.807, 2.05) is 24.3 Å². The van der Waals surface area contributed by atoms with Crippen molar-refractivity contribution >= 4 is 19.2 Å². The second-order valence-electron chi connectivity index (χ2n) is 8.85. The molecule has 4 heteroatoms. The van der Waals surface area contributed by atoms with Gasteiger partial charge in [0.1, 0.15) is 0 Å². The van der Waals surface area contributed by atoms with E-state index in [-0.39, 0.29) is 5.91 Å². The Morgan fingerprint density at radius 3 is 2.50 bits per heavy atom. The summed E-state index contributed by atoms with van der Waals surface area (Å²) in [6, 6.07) is 7.81. The average molecular weight is 444 g/mol. The zero-order valence-corrected chi connectivity index (χ0v) is 20.2. The van der Waals surface area contributed by atoms with E-state index in [9.17, 15) is 9.90 Å². The molecule has 0 fully saturated rings. The number of rotatable bonds is 11. The van der Waals surface area contributed by atoms with Gasteiger partial charge in [0.05, 0.1) is 0 Å². The van der Waals surface area contributed by atoms with Crippen molar-refractivity contribution in [3.63, 3.8) is 0 Å². The number of benzene rings is 1. The van der Waals surface area contributed by atoms with Crippen molar-refractivity contribution in [1.29, 1.82) is 0 Å². The molecular weight excluding hydrogens is 407 g/mol. The number of carbonyl (C=O) groups excluding carboxylic acids is 1. The van der Waals surface area contributed by atoms with Gasteiger partial charge in [-0.05, 0) is 0 Å². The topological polar surface area (TPSA) is 49.3 Å². The van der Waals surface area contributed by atoms with Gasteiger partial charge in [0, 0.05) is 0 Å². The normalized spacial score (nSPS) is 15.2. The SMILES string of the molecule is CCCCCCCCc1ccccc1C(=O)NC(O)C1=[C]([Ge]([CH3])([CH3])[CH3])C=CC1. The maximum atomic E-state index is 12.9. The fourth-order valence-corrected chi connectivity index (χ4v) is 7.67. The van der Waals surface area contributed by atoms with E-state index in [4.69, 9.17) is 0 Å². The maximum absolute atomic E-state index is 12.9. The number of hydrogen-bond acceptors (Lipinski definition) is 2. The van der Waals surface area contributed by atoms with Gasteiger partial charge in [0.25, 0.3) is 0 Å². The number of amides is 1. The van der Waals surface area contributed by atoms with Crippen LogP contribution in [0.5, 0.6) is 0 Å². The summed E-state index contributed by atoms with van der Waals surface area (Å²) in [6.45, 7) is 2.23. The van der Waals surface area contributed by atoms with Crippen molar-refractivity contribution in [3.05, 3.63) is 57.5 Å². The van der Waals surface area contributed by atoms with Crippen LogP contribution >= 0.6 is 0 Å². The van der Waals surface area contributed by atoms with Crippen LogP contribution in [0.4, 0.5) is 0 Å².